The van der Waals surface area contributed by atoms with Crippen LogP contribution < -0.4 is 0 Å². The van der Waals surface area contributed by atoms with Crippen LogP contribution in [-0.2, 0) is 4.79 Å². The smallest absolute Gasteiger partial charge is 0.266 e. The first-order chi connectivity index (χ1) is 10.1. The highest BCUT2D eigenvalue weighted by atomic mass is 35.5. The van der Waals surface area contributed by atoms with Crippen LogP contribution in [0.25, 0.3) is 6.08 Å². The lowest BCUT2D eigenvalue weighted by Gasteiger charge is -2.05. The average Bonchev–Trinajstić information content (AvgIpc) is 3.05. The number of amides is 1. The second-order valence-corrected chi connectivity index (χ2v) is 6.56. The molecule has 1 aromatic heterocycles. The van der Waals surface area contributed by atoms with Crippen molar-refractivity contribution in [3.63, 3.8) is 0 Å². The Bertz CT molecular complexity index is 740. The molecule has 1 saturated heterocycles. The summed E-state index contributed by atoms with van der Waals surface area (Å²) in [7, 11) is 1.71. The van der Waals surface area contributed by atoms with E-state index in [0.717, 1.165) is 5.56 Å². The van der Waals surface area contributed by atoms with E-state index in [4.69, 9.17) is 11.6 Å². The fourth-order valence-corrected chi connectivity index (χ4v) is 3.48. The lowest BCUT2D eigenvalue weighted by atomic mass is 10.2. The third kappa shape index (κ3) is 3.18. The molecule has 0 bridgehead atoms. The van der Waals surface area contributed by atoms with Crippen LogP contribution in [0.3, 0.4) is 0 Å². The van der Waals surface area contributed by atoms with E-state index < -0.39 is 0 Å². The molecule has 2 heterocycles. The fourth-order valence-electron chi connectivity index (χ4n) is 1.75. The lowest BCUT2D eigenvalue weighted by molar-refractivity contribution is -0.121. The lowest BCUT2D eigenvalue weighted by Crippen LogP contribution is -2.23. The van der Waals surface area contributed by atoms with Crippen molar-refractivity contribution in [1.82, 2.24) is 9.88 Å². The van der Waals surface area contributed by atoms with Crippen LogP contribution in [0.15, 0.2) is 45.7 Å². The number of amidine groups is 1. The number of hydrogen-bond acceptors (Lipinski definition) is 5. The first kappa shape index (κ1) is 14.3. The van der Waals surface area contributed by atoms with E-state index in [1.807, 2.05) is 29.7 Å². The van der Waals surface area contributed by atoms with Crippen LogP contribution in [-0.4, -0.2) is 28.0 Å². The second kappa shape index (κ2) is 6.01. The molecule has 1 aliphatic heterocycles. The van der Waals surface area contributed by atoms with Gasteiger partial charge in [0.05, 0.1) is 4.91 Å². The molecule has 21 heavy (non-hydrogen) atoms. The van der Waals surface area contributed by atoms with Gasteiger partial charge in [0.15, 0.2) is 5.17 Å². The highest BCUT2D eigenvalue weighted by Crippen LogP contribution is 2.33. The zero-order valence-corrected chi connectivity index (χ0v) is 13.4. The number of likely N-dealkylation sites (N-methyl/N-ethyl adjacent to an activating group) is 1. The number of carbonyl (C=O) groups is 1. The zero-order chi connectivity index (χ0) is 14.8. The van der Waals surface area contributed by atoms with Gasteiger partial charge in [-0.1, -0.05) is 23.7 Å². The van der Waals surface area contributed by atoms with Gasteiger partial charge in [-0.25, -0.2) is 4.98 Å². The van der Waals surface area contributed by atoms with Gasteiger partial charge < -0.3 is 0 Å². The number of aromatic nitrogens is 1. The van der Waals surface area contributed by atoms with Gasteiger partial charge in [0, 0.05) is 23.6 Å². The summed E-state index contributed by atoms with van der Waals surface area (Å²) in [4.78, 5) is 22.9. The number of hydrogen-bond donors (Lipinski definition) is 0. The minimum atomic E-state index is -0.0738. The van der Waals surface area contributed by atoms with E-state index in [2.05, 4.69) is 9.98 Å². The van der Waals surface area contributed by atoms with E-state index in [1.165, 1.54) is 28.0 Å². The first-order valence-electron chi connectivity index (χ1n) is 6.05. The minimum Gasteiger partial charge on any atom is -0.289 e. The Hall–Kier alpha value is -1.63. The maximum atomic E-state index is 12.2. The first-order valence-corrected chi connectivity index (χ1v) is 8.12. The SMILES string of the molecule is CN1C(=O)/C(=C/c2cccc(Cl)c2)S/C1=N/c1nccs1. The summed E-state index contributed by atoms with van der Waals surface area (Å²) >= 11 is 8.73. The van der Waals surface area contributed by atoms with E-state index in [-0.39, 0.29) is 5.91 Å². The Labute approximate surface area is 135 Å². The molecule has 7 heteroatoms. The van der Waals surface area contributed by atoms with Crippen LogP contribution >= 0.6 is 34.7 Å². The number of rotatable bonds is 2. The van der Waals surface area contributed by atoms with Crippen LogP contribution in [0.1, 0.15) is 5.56 Å². The molecule has 1 aliphatic rings. The molecule has 0 radical (unpaired) electrons. The van der Waals surface area contributed by atoms with Crippen molar-refractivity contribution in [3.8, 4) is 0 Å². The van der Waals surface area contributed by atoms with Crippen molar-refractivity contribution in [2.75, 3.05) is 7.05 Å². The molecule has 0 spiro atoms. The van der Waals surface area contributed by atoms with Crippen LogP contribution in [0, 0.1) is 0 Å². The molecule has 0 unspecified atom stereocenters. The Morgan fingerprint density at radius 3 is 3.00 bits per heavy atom. The van der Waals surface area contributed by atoms with Gasteiger partial charge in [-0.3, -0.25) is 9.69 Å². The van der Waals surface area contributed by atoms with Gasteiger partial charge in [-0.2, -0.15) is 4.99 Å². The number of benzene rings is 1. The summed E-state index contributed by atoms with van der Waals surface area (Å²) in [6, 6.07) is 7.38. The van der Waals surface area contributed by atoms with Crippen LogP contribution in [0.2, 0.25) is 5.02 Å². The molecule has 1 amide bonds. The van der Waals surface area contributed by atoms with Crippen molar-refractivity contribution in [1.29, 1.82) is 0 Å². The number of aliphatic imine (C=N–C) groups is 1. The summed E-state index contributed by atoms with van der Waals surface area (Å²) in [6.07, 6.45) is 3.51. The summed E-state index contributed by atoms with van der Waals surface area (Å²) in [5.74, 6) is -0.0738. The molecule has 2 aromatic rings. The highest BCUT2D eigenvalue weighted by molar-refractivity contribution is 8.18. The molecule has 106 valence electrons. The van der Waals surface area contributed by atoms with Crippen LogP contribution in [0.5, 0.6) is 0 Å². The molecule has 0 saturated carbocycles. The minimum absolute atomic E-state index is 0.0738. The number of nitrogens with zero attached hydrogens (tertiary/aromatic N) is 3. The number of halogens is 1. The summed E-state index contributed by atoms with van der Waals surface area (Å²) in [5, 5.41) is 3.76. The molecule has 1 fully saturated rings. The molecular formula is C14H10ClN3OS2. The topological polar surface area (TPSA) is 45.6 Å². The maximum absolute atomic E-state index is 12.2. The van der Waals surface area contributed by atoms with Gasteiger partial charge >= 0.3 is 0 Å². The van der Waals surface area contributed by atoms with Gasteiger partial charge in [0.2, 0.25) is 5.13 Å². The van der Waals surface area contributed by atoms with E-state index in [0.29, 0.717) is 20.2 Å². The molecule has 1 aromatic carbocycles. The van der Waals surface area contributed by atoms with Crippen molar-refractivity contribution in [3.05, 3.63) is 51.3 Å². The Morgan fingerprint density at radius 2 is 2.29 bits per heavy atom. The predicted octanol–water partition coefficient (Wildman–Crippen LogP) is 4.03. The number of thiazole rings is 1. The Kier molecular flexibility index (Phi) is 4.10. The average molecular weight is 336 g/mol. The van der Waals surface area contributed by atoms with E-state index in [1.54, 1.807) is 19.3 Å². The van der Waals surface area contributed by atoms with Crippen molar-refractivity contribution < 1.29 is 4.79 Å². The van der Waals surface area contributed by atoms with Crippen LogP contribution in [0.4, 0.5) is 5.13 Å². The van der Waals surface area contributed by atoms with Gasteiger partial charge in [0.1, 0.15) is 0 Å². The van der Waals surface area contributed by atoms with Gasteiger partial charge in [-0.05, 0) is 35.5 Å². The predicted molar refractivity (Wildman–Crippen MR) is 89.0 cm³/mol. The molecule has 0 aliphatic carbocycles. The Balaban J connectivity index is 1.90. The summed E-state index contributed by atoms with van der Waals surface area (Å²) in [5.41, 5.74) is 0.891. The van der Waals surface area contributed by atoms with E-state index in [9.17, 15) is 4.79 Å². The number of thioether (sulfide) groups is 1. The second-order valence-electron chi connectivity index (χ2n) is 4.24. The number of carbonyl (C=O) groups excluding carboxylic acids is 1. The zero-order valence-electron chi connectivity index (χ0n) is 11.0. The third-order valence-electron chi connectivity index (χ3n) is 2.76. The monoisotopic (exact) mass is 335 g/mol. The quantitative estimate of drug-likeness (QED) is 0.778. The van der Waals surface area contributed by atoms with Crippen molar-refractivity contribution in [2.45, 2.75) is 0 Å². The van der Waals surface area contributed by atoms with Crippen molar-refractivity contribution >= 4 is 57.0 Å². The molecule has 0 atom stereocenters. The normalized spacial score (nSPS) is 19.0. The fraction of sp³-hybridized carbons (Fsp3) is 0.0714. The highest BCUT2D eigenvalue weighted by Gasteiger charge is 2.30. The Morgan fingerprint density at radius 1 is 1.43 bits per heavy atom. The van der Waals surface area contributed by atoms with E-state index >= 15 is 0 Å². The van der Waals surface area contributed by atoms with Gasteiger partial charge in [0.25, 0.3) is 5.91 Å². The largest absolute Gasteiger partial charge is 0.289 e. The third-order valence-corrected chi connectivity index (χ3v) is 4.72. The summed E-state index contributed by atoms with van der Waals surface area (Å²) in [6.45, 7) is 0. The molecular weight excluding hydrogens is 326 g/mol. The molecule has 4 nitrogen and oxygen atoms in total. The maximum Gasteiger partial charge on any atom is 0.266 e. The summed E-state index contributed by atoms with van der Waals surface area (Å²) < 4.78 is 0. The van der Waals surface area contributed by atoms with Gasteiger partial charge in [-0.15, -0.1) is 11.3 Å². The molecule has 3 rings (SSSR count). The standard InChI is InChI=1S/C14H10ClN3OS2/c1-18-12(19)11(8-9-3-2-4-10(15)7-9)21-14(18)17-13-16-5-6-20-13/h2-8H,1H3/b11-8-,17-14+. The molecule has 0 N–H and O–H groups in total. The van der Waals surface area contributed by atoms with Crippen molar-refractivity contribution in [2.24, 2.45) is 4.99 Å².